The van der Waals surface area contributed by atoms with E-state index in [-0.39, 0.29) is 26.9 Å². The predicted molar refractivity (Wildman–Crippen MR) is 285 cm³/mol. The number of carbonyl (C=O) groups excluding carboxylic acids is 1. The van der Waals surface area contributed by atoms with Crippen LogP contribution in [0, 0.1) is 0 Å². The second kappa shape index (κ2) is 24.5. The van der Waals surface area contributed by atoms with Crippen LogP contribution in [0.3, 0.4) is 0 Å². The number of nitrogens with zero attached hydrogens (tertiary/aromatic N) is 4. The molecule has 5 N–H and O–H groups in total. The number of nitrogens with two attached hydrogens (primary N) is 1. The van der Waals surface area contributed by atoms with Gasteiger partial charge in [0.2, 0.25) is 11.9 Å². The van der Waals surface area contributed by atoms with E-state index >= 15 is 0 Å². The minimum absolute atomic E-state index is 0.113. The van der Waals surface area contributed by atoms with Gasteiger partial charge < -0.3 is 26.4 Å². The molecule has 1 amide bonds. The van der Waals surface area contributed by atoms with Gasteiger partial charge in [-0.05, 0) is 106 Å². The van der Waals surface area contributed by atoms with Gasteiger partial charge in [0, 0.05) is 35.7 Å². The molecular formula is C50H58BBr3Cl2N8O2. The lowest BCUT2D eigenvalue weighted by Gasteiger charge is -2.38. The van der Waals surface area contributed by atoms with E-state index in [1.54, 1.807) is 19.3 Å². The number of hydrogen-bond donors (Lipinski definition) is 4. The van der Waals surface area contributed by atoms with E-state index < -0.39 is 6.09 Å². The molecule has 0 aliphatic heterocycles. The average Bonchev–Trinajstić information content (AvgIpc) is 3.92. The Kier molecular flexibility index (Phi) is 18.6. The number of anilines is 2. The smallest absolute Gasteiger partial charge is 0.407 e. The highest BCUT2D eigenvalue weighted by Crippen LogP contribution is 2.37. The minimum Gasteiger partial charge on any atom is -0.445 e. The molecule has 2 heterocycles. The SMILES string of the molecule is BrB(Br)Br.C[C@]1(N)CCC[C@@H](Nc2ncc(Cl)c(C3=CCc4ccccc43)n2)C1.C[C@]1(NC(=O)OCc2ccccc2)CCC[C@@H](Nc2ncc(Cl)c(C3=CCc4ccccc43)n2)C1.[2H]CC. The van der Waals surface area contributed by atoms with Crippen LogP contribution in [-0.2, 0) is 24.2 Å². The first-order valence-corrected chi connectivity index (χ1v) is 25.8. The molecule has 4 aliphatic carbocycles. The fraction of sp³-hybridized carbons (Fsp3) is 0.380. The van der Waals surface area contributed by atoms with Crippen LogP contribution < -0.4 is 21.7 Å². The third-order valence-electron chi connectivity index (χ3n) is 11.9. The number of hydrogen-bond acceptors (Lipinski definition) is 9. The molecule has 0 saturated heterocycles. The Labute approximate surface area is 426 Å². The highest BCUT2D eigenvalue weighted by Gasteiger charge is 2.35. The zero-order valence-electron chi connectivity index (χ0n) is 38.6. The summed E-state index contributed by atoms with van der Waals surface area (Å²) in [6, 6.07) is 26.8. The second-order valence-corrected chi connectivity index (χ2v) is 24.5. The molecule has 0 spiro atoms. The van der Waals surface area contributed by atoms with Gasteiger partial charge >= 0.3 is 9.28 Å². The summed E-state index contributed by atoms with van der Waals surface area (Å²) in [5, 5.41) is 11.2. The Morgan fingerprint density at radius 3 is 1.77 bits per heavy atom. The molecule has 10 nitrogen and oxygen atoms in total. The van der Waals surface area contributed by atoms with Crippen LogP contribution in [0.25, 0.3) is 11.1 Å². The Bertz CT molecular complexity index is 2500. The molecule has 3 aromatic carbocycles. The molecule has 0 bridgehead atoms. The van der Waals surface area contributed by atoms with Crippen LogP contribution in [0.15, 0.2) is 103 Å². The molecule has 0 radical (unpaired) electrons. The molecule has 2 aromatic heterocycles. The number of rotatable bonds is 9. The van der Waals surface area contributed by atoms with Crippen LogP contribution >= 0.6 is 70.5 Å². The van der Waals surface area contributed by atoms with E-state index in [1.165, 1.54) is 22.3 Å². The number of fused-ring (bicyclic) bond motifs is 2. The Morgan fingerprint density at radius 1 is 0.788 bits per heavy atom. The fourth-order valence-corrected chi connectivity index (χ4v) is 9.39. The monoisotopic (exact) mass is 1120 g/mol. The quantitative estimate of drug-likeness (QED) is 0.106. The summed E-state index contributed by atoms with van der Waals surface area (Å²) in [5.74, 6) is 1.18. The standard InChI is InChI=1S/C28H29ClN4O2.C20H23ClN4.C2H6.BBr3/c1-28(33-27(34)35-18-19-8-3-2-4-9-19)15-7-11-21(16-28)31-26-30-17-24(29)25(32-26)23-14-13-20-10-5-6-12-22(20)23;1-20(22)10-4-6-14(11-20)24-19-23-12-17(21)18(25-19)16-9-8-13-5-2-3-7-15(13)16;1-2;2-1(3)4/h2-6,8-10,12,14,17,21H,7,11,13,15-16,18H2,1H3,(H,33,34)(H,30,31,32);2-3,5,7,9,12,14H,4,6,8,10-11,22H2,1H3,(H,23,24,25);1-2H3;/t21-,28+;14-,20+;;/m11../s1/i;;1D;. The molecule has 348 valence electrons. The molecule has 66 heavy (non-hydrogen) atoms. The van der Waals surface area contributed by atoms with Gasteiger partial charge in [0.15, 0.2) is 0 Å². The summed E-state index contributed by atoms with van der Waals surface area (Å²) in [6.07, 6.45) is 16.9. The van der Waals surface area contributed by atoms with Crippen molar-refractivity contribution in [3.63, 3.8) is 0 Å². The largest absolute Gasteiger partial charge is 0.445 e. The topological polar surface area (TPSA) is 140 Å². The molecular weight excluding hydrogens is 1070 g/mol. The van der Waals surface area contributed by atoms with Gasteiger partial charge in [0.05, 0.1) is 33.8 Å². The maximum Gasteiger partial charge on any atom is 0.407 e. The first kappa shape index (κ1) is 50.1. The maximum atomic E-state index is 12.5. The zero-order valence-corrected chi connectivity index (χ0v) is 43.9. The number of allylic oxidation sites excluding steroid dienone is 2. The summed E-state index contributed by atoms with van der Waals surface area (Å²) in [6.45, 7) is 6.74. The number of aromatic nitrogens is 4. The van der Waals surface area contributed by atoms with Crippen LogP contribution in [0.2, 0.25) is 10.0 Å². The maximum absolute atomic E-state index is 12.5. The summed E-state index contributed by atoms with van der Waals surface area (Å²) < 4.78 is 11.9. The van der Waals surface area contributed by atoms with Gasteiger partial charge in [-0.3, -0.25) is 0 Å². The van der Waals surface area contributed by atoms with E-state index in [4.69, 9.17) is 45.0 Å². The number of ether oxygens (including phenoxy) is 1. The van der Waals surface area contributed by atoms with Gasteiger partial charge in [-0.25, -0.2) is 24.7 Å². The van der Waals surface area contributed by atoms with Gasteiger partial charge in [0.25, 0.3) is 0 Å². The Hall–Kier alpha value is -3.79. The molecule has 16 heteroatoms. The van der Waals surface area contributed by atoms with Crippen molar-refractivity contribution in [2.45, 2.75) is 122 Å². The van der Waals surface area contributed by atoms with Crippen molar-refractivity contribution >= 4 is 103 Å². The van der Waals surface area contributed by atoms with E-state index in [1.807, 2.05) is 36.4 Å². The van der Waals surface area contributed by atoms with E-state index in [2.05, 4.69) is 142 Å². The van der Waals surface area contributed by atoms with Crippen molar-refractivity contribution in [2.24, 2.45) is 5.73 Å². The molecule has 5 aromatic rings. The lowest BCUT2D eigenvalue weighted by molar-refractivity contribution is 0.120. The first-order chi connectivity index (χ1) is 32.2. The Morgan fingerprint density at radius 2 is 1.26 bits per heavy atom. The first-order valence-electron chi connectivity index (χ1n) is 23.0. The number of alkyl carbamates (subject to hydrolysis) is 1. The molecule has 2 fully saturated rings. The highest BCUT2D eigenvalue weighted by molar-refractivity contribution is 9.69. The molecule has 0 unspecified atom stereocenters. The number of carbonyl (C=O) groups is 1. The van der Waals surface area contributed by atoms with Crippen molar-refractivity contribution in [3.05, 3.63) is 153 Å². The van der Waals surface area contributed by atoms with Crippen molar-refractivity contribution < 1.29 is 10.9 Å². The van der Waals surface area contributed by atoms with Crippen molar-refractivity contribution in [1.82, 2.24) is 25.3 Å². The number of amides is 1. The third kappa shape index (κ3) is 14.6. The second-order valence-electron chi connectivity index (χ2n) is 17.3. The van der Waals surface area contributed by atoms with Gasteiger partial charge in [-0.15, -0.1) is 47.3 Å². The Balaban J connectivity index is 0.000000202. The van der Waals surface area contributed by atoms with Crippen molar-refractivity contribution in [2.75, 3.05) is 10.6 Å². The fourth-order valence-electron chi connectivity index (χ4n) is 9.00. The molecule has 4 atom stereocenters. The minimum atomic E-state index is -0.395. The van der Waals surface area contributed by atoms with Crippen molar-refractivity contribution in [3.8, 4) is 0 Å². The highest BCUT2D eigenvalue weighted by atomic mass is 79.9. The normalized spacial score (nSPS) is 21.5. The van der Waals surface area contributed by atoms with Crippen LogP contribution in [0.4, 0.5) is 16.7 Å². The molecule has 4 aliphatic rings. The lowest BCUT2D eigenvalue weighted by atomic mass is 9.80. The molecule has 9 rings (SSSR count). The average molecular weight is 1130 g/mol. The number of nitrogens with one attached hydrogen (secondary N) is 3. The van der Waals surface area contributed by atoms with Gasteiger partial charge in [-0.1, -0.05) is 128 Å². The summed E-state index contributed by atoms with van der Waals surface area (Å²) in [5.41, 5.74) is 15.5. The van der Waals surface area contributed by atoms with Crippen LogP contribution in [0.1, 0.15) is 120 Å². The predicted octanol–water partition coefficient (Wildman–Crippen LogP) is 13.5. The number of benzene rings is 3. The van der Waals surface area contributed by atoms with E-state index in [9.17, 15) is 4.79 Å². The molecule has 2 saturated carbocycles. The van der Waals surface area contributed by atoms with E-state index in [0.29, 0.717) is 34.9 Å². The van der Waals surface area contributed by atoms with Gasteiger partial charge in [-0.2, -0.15) is 0 Å². The summed E-state index contributed by atoms with van der Waals surface area (Å²) in [4.78, 5) is 30.8. The van der Waals surface area contributed by atoms with E-state index in [0.717, 1.165) is 92.3 Å². The van der Waals surface area contributed by atoms with Crippen LogP contribution in [0.5, 0.6) is 0 Å². The third-order valence-corrected chi connectivity index (χ3v) is 12.5. The van der Waals surface area contributed by atoms with Crippen LogP contribution in [-0.4, -0.2) is 52.4 Å². The van der Waals surface area contributed by atoms with Gasteiger partial charge in [0.1, 0.15) is 6.61 Å². The summed E-state index contributed by atoms with van der Waals surface area (Å²) in [7, 11) is 0. The number of halogens is 5. The van der Waals surface area contributed by atoms with Crippen molar-refractivity contribution in [1.29, 1.82) is 0 Å². The lowest BCUT2D eigenvalue weighted by Crippen LogP contribution is -2.51. The summed E-state index contributed by atoms with van der Waals surface area (Å²) >= 11 is 22.2. The zero-order chi connectivity index (χ0) is 48.0.